The average molecular weight is 394 g/mol. The molecule has 1 saturated carbocycles. The Hall–Kier alpha value is -2.15. The first-order chi connectivity index (χ1) is 13.9. The maximum Gasteiger partial charge on any atom is 0.184 e. The topological polar surface area (TPSA) is 54.9 Å². The van der Waals surface area contributed by atoms with Gasteiger partial charge in [0.2, 0.25) is 0 Å². The summed E-state index contributed by atoms with van der Waals surface area (Å²) >= 11 is 0. The molecule has 2 saturated heterocycles. The third-order valence-corrected chi connectivity index (χ3v) is 7.19. The first-order valence-corrected chi connectivity index (χ1v) is 10.6. The number of benzene rings is 1. The molecule has 6 heteroatoms. The molecule has 2 aliphatic heterocycles. The smallest absolute Gasteiger partial charge is 0.184 e. The lowest BCUT2D eigenvalue weighted by molar-refractivity contribution is -0.0313. The Balaban J connectivity index is 1.37. The summed E-state index contributed by atoms with van der Waals surface area (Å²) in [6.07, 6.45) is 4.45. The molecule has 3 aliphatic rings. The van der Waals surface area contributed by atoms with Crippen LogP contribution in [0.5, 0.6) is 0 Å². The predicted molar refractivity (Wildman–Crippen MR) is 116 cm³/mol. The number of hydrogen-bond donors (Lipinski definition) is 2. The highest BCUT2D eigenvalue weighted by Crippen LogP contribution is 2.54. The van der Waals surface area contributed by atoms with Gasteiger partial charge >= 0.3 is 0 Å². The lowest BCUT2D eigenvalue weighted by Gasteiger charge is -2.58. The Morgan fingerprint density at radius 2 is 1.90 bits per heavy atom. The monoisotopic (exact) mass is 393 g/mol. The second-order valence-electron chi connectivity index (χ2n) is 9.24. The average Bonchev–Trinajstić information content (AvgIpc) is 2.96. The van der Waals surface area contributed by atoms with E-state index in [1.54, 1.807) is 0 Å². The van der Waals surface area contributed by atoms with Crippen molar-refractivity contribution >= 4 is 11.5 Å². The standard InChI is InChI=1S/C23H31N5O/c1-17-12-20(27-10-7-11-27)24-13-19(17)28-16-22(25-21(28)29)14-23(15-22,26(2)3)18-8-5-4-6-9-18/h4-6,8-9,12-13,21,25,29H,7,10-11,14-16H2,1-3H3/t21?,22-,23+. The molecule has 0 amide bonds. The van der Waals surface area contributed by atoms with Gasteiger partial charge in [-0.25, -0.2) is 4.98 Å². The highest BCUT2D eigenvalue weighted by Gasteiger charge is 2.60. The molecule has 3 heterocycles. The van der Waals surface area contributed by atoms with Gasteiger partial charge in [0.1, 0.15) is 5.82 Å². The molecule has 0 bridgehead atoms. The minimum absolute atomic E-state index is 0.0125. The van der Waals surface area contributed by atoms with E-state index in [-0.39, 0.29) is 11.1 Å². The van der Waals surface area contributed by atoms with Crippen LogP contribution in [0.1, 0.15) is 30.4 Å². The second-order valence-corrected chi connectivity index (χ2v) is 9.24. The van der Waals surface area contributed by atoms with Crippen molar-refractivity contribution in [1.82, 2.24) is 15.2 Å². The van der Waals surface area contributed by atoms with Crippen LogP contribution in [0.3, 0.4) is 0 Å². The molecule has 29 heavy (non-hydrogen) atoms. The fourth-order valence-electron chi connectivity index (χ4n) is 5.39. The number of anilines is 2. The van der Waals surface area contributed by atoms with E-state index < -0.39 is 6.35 Å². The van der Waals surface area contributed by atoms with Gasteiger partial charge in [0, 0.05) is 30.7 Å². The van der Waals surface area contributed by atoms with Crippen LogP contribution in [0.2, 0.25) is 0 Å². The molecule has 2 aromatic rings. The van der Waals surface area contributed by atoms with Gasteiger partial charge in [0.05, 0.1) is 11.9 Å². The lowest BCUT2D eigenvalue weighted by Crippen LogP contribution is -2.67. The minimum Gasteiger partial charge on any atom is -0.361 e. The van der Waals surface area contributed by atoms with E-state index in [1.807, 2.05) is 6.20 Å². The Bertz CT molecular complexity index is 889. The maximum atomic E-state index is 10.8. The zero-order valence-corrected chi connectivity index (χ0v) is 17.6. The summed E-state index contributed by atoms with van der Waals surface area (Å²) in [4.78, 5) is 11.4. The van der Waals surface area contributed by atoms with Crippen molar-refractivity contribution in [2.75, 3.05) is 43.5 Å². The summed E-state index contributed by atoms with van der Waals surface area (Å²) in [7, 11) is 4.32. The summed E-state index contributed by atoms with van der Waals surface area (Å²) in [5.41, 5.74) is 3.47. The second kappa shape index (κ2) is 6.69. The Morgan fingerprint density at radius 3 is 2.48 bits per heavy atom. The highest BCUT2D eigenvalue weighted by atomic mass is 16.3. The molecule has 5 rings (SSSR count). The van der Waals surface area contributed by atoms with E-state index in [4.69, 9.17) is 0 Å². The van der Waals surface area contributed by atoms with Crippen molar-refractivity contribution in [2.24, 2.45) is 0 Å². The molecule has 1 unspecified atom stereocenters. The fourth-order valence-corrected chi connectivity index (χ4v) is 5.39. The van der Waals surface area contributed by atoms with Crippen molar-refractivity contribution in [2.45, 2.75) is 43.6 Å². The molecule has 1 aliphatic carbocycles. The van der Waals surface area contributed by atoms with E-state index in [9.17, 15) is 5.11 Å². The highest BCUT2D eigenvalue weighted by molar-refractivity contribution is 5.59. The summed E-state index contributed by atoms with van der Waals surface area (Å²) in [6, 6.07) is 12.9. The molecular weight excluding hydrogens is 362 g/mol. The van der Waals surface area contributed by atoms with Crippen molar-refractivity contribution < 1.29 is 5.11 Å². The van der Waals surface area contributed by atoms with Gasteiger partial charge in [-0.1, -0.05) is 30.3 Å². The quantitative estimate of drug-likeness (QED) is 0.831. The van der Waals surface area contributed by atoms with Crippen LogP contribution in [-0.2, 0) is 5.54 Å². The van der Waals surface area contributed by atoms with Crippen LogP contribution in [0.15, 0.2) is 42.6 Å². The first kappa shape index (κ1) is 18.9. The summed E-state index contributed by atoms with van der Waals surface area (Å²) in [6.45, 7) is 5.10. The SMILES string of the molecule is Cc1cc(N2CCC2)ncc1N1C[C@]2(C[C@](c3ccccc3)(N(C)C)C2)NC1O. The normalized spacial score (nSPS) is 31.3. The van der Waals surface area contributed by atoms with Crippen LogP contribution in [-0.4, -0.2) is 60.6 Å². The van der Waals surface area contributed by atoms with E-state index in [0.29, 0.717) is 0 Å². The molecule has 154 valence electrons. The number of hydrogen-bond acceptors (Lipinski definition) is 6. The van der Waals surface area contributed by atoms with Crippen LogP contribution >= 0.6 is 0 Å². The van der Waals surface area contributed by atoms with Gasteiger partial charge in [-0.2, -0.15) is 0 Å². The van der Waals surface area contributed by atoms with Crippen LogP contribution in [0.4, 0.5) is 11.5 Å². The fraction of sp³-hybridized carbons (Fsp3) is 0.522. The van der Waals surface area contributed by atoms with Gasteiger partial charge < -0.3 is 14.9 Å². The predicted octanol–water partition coefficient (Wildman–Crippen LogP) is 2.28. The van der Waals surface area contributed by atoms with E-state index in [2.05, 4.69) is 82.4 Å². The number of pyridine rings is 1. The molecular formula is C23H31N5O. The molecule has 2 N–H and O–H groups in total. The summed E-state index contributed by atoms with van der Waals surface area (Å²) in [5.74, 6) is 1.05. The lowest BCUT2D eigenvalue weighted by atomic mass is 9.59. The molecule has 1 aromatic heterocycles. The van der Waals surface area contributed by atoms with Crippen molar-refractivity contribution in [3.8, 4) is 0 Å². The van der Waals surface area contributed by atoms with E-state index >= 15 is 0 Å². The van der Waals surface area contributed by atoms with Crippen LogP contribution < -0.4 is 15.1 Å². The summed E-state index contributed by atoms with van der Waals surface area (Å²) in [5, 5.41) is 14.3. The molecule has 1 aromatic carbocycles. The molecule has 1 atom stereocenters. The summed E-state index contributed by atoms with van der Waals surface area (Å²) < 4.78 is 0. The molecule has 0 radical (unpaired) electrons. The zero-order valence-electron chi connectivity index (χ0n) is 17.6. The van der Waals surface area contributed by atoms with Gasteiger partial charge in [-0.05, 0) is 57.5 Å². The number of aryl methyl sites for hydroxylation is 1. The Kier molecular flexibility index (Phi) is 4.35. The molecule has 6 nitrogen and oxygen atoms in total. The van der Waals surface area contributed by atoms with Gasteiger partial charge in [-0.15, -0.1) is 0 Å². The Labute approximate surface area is 173 Å². The largest absolute Gasteiger partial charge is 0.361 e. The molecule has 1 spiro atoms. The molecule has 3 fully saturated rings. The van der Waals surface area contributed by atoms with Gasteiger partial charge in [-0.3, -0.25) is 10.2 Å². The number of nitrogens with one attached hydrogen (secondary N) is 1. The van der Waals surface area contributed by atoms with Gasteiger partial charge in [0.15, 0.2) is 6.35 Å². The van der Waals surface area contributed by atoms with Crippen molar-refractivity contribution in [3.63, 3.8) is 0 Å². The third-order valence-electron chi connectivity index (χ3n) is 7.19. The van der Waals surface area contributed by atoms with Crippen molar-refractivity contribution in [3.05, 3.63) is 53.7 Å². The maximum absolute atomic E-state index is 10.8. The van der Waals surface area contributed by atoms with Crippen LogP contribution in [0.25, 0.3) is 0 Å². The minimum atomic E-state index is -0.679. The number of aliphatic hydroxyl groups is 1. The first-order valence-electron chi connectivity index (χ1n) is 10.6. The van der Waals surface area contributed by atoms with E-state index in [1.165, 1.54) is 17.5 Å². The number of aliphatic hydroxyl groups excluding tert-OH is 1. The third kappa shape index (κ3) is 2.93. The Morgan fingerprint density at radius 1 is 1.17 bits per heavy atom. The number of rotatable bonds is 4. The number of aromatic nitrogens is 1. The zero-order chi connectivity index (χ0) is 20.2. The van der Waals surface area contributed by atoms with E-state index in [0.717, 1.165) is 44.0 Å². The van der Waals surface area contributed by atoms with Crippen molar-refractivity contribution in [1.29, 1.82) is 0 Å². The van der Waals surface area contributed by atoms with Gasteiger partial charge in [0.25, 0.3) is 0 Å². The number of nitrogens with zero attached hydrogens (tertiary/aromatic N) is 4. The van der Waals surface area contributed by atoms with Crippen LogP contribution in [0, 0.1) is 6.92 Å².